The summed E-state index contributed by atoms with van der Waals surface area (Å²) in [5.74, 6) is 3.58. The van der Waals surface area contributed by atoms with Crippen LogP contribution < -0.4 is 9.47 Å². The van der Waals surface area contributed by atoms with Crippen molar-refractivity contribution in [1.29, 1.82) is 0 Å². The molecular weight excluding hydrogens is 281 g/mol. The Morgan fingerprint density at radius 3 is 2.19 bits per heavy atom. The molecule has 3 rings (SSSR count). The summed E-state index contributed by atoms with van der Waals surface area (Å²) in [6.45, 7) is 0.107. The molecule has 0 N–H and O–H groups in total. The van der Waals surface area contributed by atoms with Gasteiger partial charge in [-0.3, -0.25) is 0 Å². The molecule has 0 bridgehead atoms. The van der Waals surface area contributed by atoms with Crippen LogP contribution >= 0.6 is 0 Å². The first kappa shape index (κ1) is 13.4. The average Bonchev–Trinajstić information content (AvgIpc) is 2.92. The Labute approximate surface area is 119 Å². The van der Waals surface area contributed by atoms with E-state index in [2.05, 4.69) is 5.92 Å². The van der Waals surface area contributed by atoms with Crippen LogP contribution in [-0.2, 0) is 6.18 Å². The number of ether oxygens (including phenoxy) is 2. The highest BCUT2D eigenvalue weighted by Crippen LogP contribution is 2.39. The van der Waals surface area contributed by atoms with Gasteiger partial charge in [-0.25, -0.2) is 0 Å². The topological polar surface area (TPSA) is 18.5 Å². The fraction of sp³-hybridized carbons (Fsp3) is 0.125. The van der Waals surface area contributed by atoms with E-state index in [0.29, 0.717) is 28.2 Å². The second-order valence-corrected chi connectivity index (χ2v) is 4.47. The Balaban J connectivity index is 2.07. The molecule has 0 saturated heterocycles. The van der Waals surface area contributed by atoms with Crippen LogP contribution in [0.2, 0.25) is 0 Å². The summed E-state index contributed by atoms with van der Waals surface area (Å²) in [4.78, 5) is 0. The maximum atomic E-state index is 12.6. The second-order valence-electron chi connectivity index (χ2n) is 4.47. The van der Waals surface area contributed by atoms with E-state index in [-0.39, 0.29) is 6.79 Å². The Hall–Kier alpha value is -2.61. The van der Waals surface area contributed by atoms with Gasteiger partial charge in [0.25, 0.3) is 0 Å². The first-order valence-corrected chi connectivity index (χ1v) is 6.07. The quantitative estimate of drug-likeness (QED) is 0.737. The van der Waals surface area contributed by atoms with E-state index in [9.17, 15) is 13.2 Å². The van der Waals surface area contributed by atoms with Gasteiger partial charge in [0.1, 0.15) is 0 Å². The van der Waals surface area contributed by atoms with E-state index in [4.69, 9.17) is 15.9 Å². The van der Waals surface area contributed by atoms with Crippen LogP contribution in [0.15, 0.2) is 36.4 Å². The van der Waals surface area contributed by atoms with Gasteiger partial charge in [-0.2, -0.15) is 13.2 Å². The largest absolute Gasteiger partial charge is 0.454 e. The van der Waals surface area contributed by atoms with Gasteiger partial charge in [0.05, 0.1) is 5.56 Å². The third-order valence-corrected chi connectivity index (χ3v) is 3.19. The first-order valence-electron chi connectivity index (χ1n) is 6.07. The van der Waals surface area contributed by atoms with Crippen LogP contribution in [0.25, 0.3) is 11.1 Å². The lowest BCUT2D eigenvalue weighted by Crippen LogP contribution is -2.04. The number of rotatable bonds is 1. The number of benzene rings is 2. The highest BCUT2D eigenvalue weighted by Gasteiger charge is 2.30. The molecule has 0 unspecified atom stereocenters. The molecule has 2 nitrogen and oxygen atoms in total. The Morgan fingerprint density at radius 1 is 1.00 bits per heavy atom. The predicted molar refractivity (Wildman–Crippen MR) is 70.9 cm³/mol. The van der Waals surface area contributed by atoms with Gasteiger partial charge < -0.3 is 9.47 Å². The summed E-state index contributed by atoms with van der Waals surface area (Å²) in [7, 11) is 0. The van der Waals surface area contributed by atoms with Gasteiger partial charge in [-0.15, -0.1) is 6.42 Å². The summed E-state index contributed by atoms with van der Waals surface area (Å²) in [6.07, 6.45) is 1.10. The van der Waals surface area contributed by atoms with Crippen molar-refractivity contribution in [1.82, 2.24) is 0 Å². The molecule has 0 amide bonds. The number of fused-ring (bicyclic) bond motifs is 1. The summed E-state index contributed by atoms with van der Waals surface area (Å²) in [5.41, 5.74) is 1.07. The van der Waals surface area contributed by atoms with Crippen LogP contribution in [0.1, 0.15) is 11.1 Å². The molecule has 0 atom stereocenters. The van der Waals surface area contributed by atoms with Crippen molar-refractivity contribution < 1.29 is 22.6 Å². The van der Waals surface area contributed by atoms with Gasteiger partial charge in [0.15, 0.2) is 11.5 Å². The molecule has 106 valence electrons. The third-order valence-electron chi connectivity index (χ3n) is 3.19. The third kappa shape index (κ3) is 2.40. The highest BCUT2D eigenvalue weighted by molar-refractivity contribution is 5.75. The number of halogens is 3. The van der Waals surface area contributed by atoms with Gasteiger partial charge in [-0.1, -0.05) is 18.1 Å². The Morgan fingerprint density at radius 2 is 1.62 bits per heavy atom. The van der Waals surface area contributed by atoms with Crippen molar-refractivity contribution in [3.05, 3.63) is 47.5 Å². The molecule has 2 aromatic carbocycles. The molecule has 0 saturated carbocycles. The van der Waals surface area contributed by atoms with Crippen LogP contribution in [0.4, 0.5) is 13.2 Å². The Kier molecular flexibility index (Phi) is 3.02. The molecule has 1 heterocycles. The number of terminal acetylenes is 1. The molecule has 5 heteroatoms. The normalized spacial score (nSPS) is 13.0. The van der Waals surface area contributed by atoms with Crippen LogP contribution in [0.5, 0.6) is 11.5 Å². The molecule has 0 spiro atoms. The molecule has 0 fully saturated rings. The molecule has 1 aliphatic rings. The zero-order valence-corrected chi connectivity index (χ0v) is 10.7. The van der Waals surface area contributed by atoms with Crippen LogP contribution in [0.3, 0.4) is 0 Å². The van der Waals surface area contributed by atoms with Gasteiger partial charge in [0.2, 0.25) is 6.79 Å². The van der Waals surface area contributed by atoms with E-state index < -0.39 is 11.7 Å². The zero-order chi connectivity index (χ0) is 15.0. The fourth-order valence-corrected chi connectivity index (χ4v) is 2.14. The van der Waals surface area contributed by atoms with Crippen molar-refractivity contribution in [2.24, 2.45) is 0 Å². The molecule has 21 heavy (non-hydrogen) atoms. The summed E-state index contributed by atoms with van der Waals surface area (Å²) in [5, 5.41) is 0. The molecule has 0 aromatic heterocycles. The predicted octanol–water partition coefficient (Wildman–Crippen LogP) is 4.08. The SMILES string of the molecule is C#Cc1cc2c(cc1-c1ccc(C(F)(F)F)cc1)OCO2. The molecule has 2 aromatic rings. The van der Waals surface area contributed by atoms with Gasteiger partial charge >= 0.3 is 6.18 Å². The van der Waals surface area contributed by atoms with E-state index in [1.807, 2.05) is 0 Å². The van der Waals surface area contributed by atoms with Crippen LogP contribution in [0, 0.1) is 12.3 Å². The smallest absolute Gasteiger partial charge is 0.416 e. The monoisotopic (exact) mass is 290 g/mol. The summed E-state index contributed by atoms with van der Waals surface area (Å²) >= 11 is 0. The highest BCUT2D eigenvalue weighted by atomic mass is 19.4. The van der Waals surface area contributed by atoms with Gasteiger partial charge in [0, 0.05) is 17.2 Å². The number of hydrogen-bond acceptors (Lipinski definition) is 2. The number of alkyl halides is 3. The van der Waals surface area contributed by atoms with E-state index in [0.717, 1.165) is 12.1 Å². The van der Waals surface area contributed by atoms with Crippen molar-refractivity contribution in [2.45, 2.75) is 6.18 Å². The zero-order valence-electron chi connectivity index (χ0n) is 10.7. The Bertz CT molecular complexity index is 725. The molecular formula is C16H9F3O2. The first-order chi connectivity index (χ1) is 9.99. The van der Waals surface area contributed by atoms with E-state index >= 15 is 0 Å². The number of hydrogen-bond donors (Lipinski definition) is 0. The van der Waals surface area contributed by atoms with E-state index in [1.54, 1.807) is 12.1 Å². The minimum atomic E-state index is -4.36. The lowest BCUT2D eigenvalue weighted by Gasteiger charge is -2.10. The lowest BCUT2D eigenvalue weighted by molar-refractivity contribution is -0.137. The summed E-state index contributed by atoms with van der Waals surface area (Å²) < 4.78 is 48.2. The molecule has 0 aliphatic carbocycles. The van der Waals surface area contributed by atoms with Crippen molar-refractivity contribution in [3.63, 3.8) is 0 Å². The molecule has 0 radical (unpaired) electrons. The minimum absolute atomic E-state index is 0.107. The van der Waals surface area contributed by atoms with Crippen LogP contribution in [-0.4, -0.2) is 6.79 Å². The van der Waals surface area contributed by atoms with E-state index in [1.165, 1.54) is 12.1 Å². The van der Waals surface area contributed by atoms with Crippen molar-refractivity contribution in [3.8, 4) is 35.0 Å². The maximum Gasteiger partial charge on any atom is 0.416 e. The summed E-state index contributed by atoms with van der Waals surface area (Å²) in [6, 6.07) is 8.16. The van der Waals surface area contributed by atoms with Crippen molar-refractivity contribution >= 4 is 0 Å². The standard InChI is InChI=1S/C16H9F3O2/c1-2-10-7-14-15(21-9-20-14)8-13(10)11-3-5-12(6-4-11)16(17,18)19/h1,3-8H,9H2. The maximum absolute atomic E-state index is 12.6. The average molecular weight is 290 g/mol. The fourth-order valence-electron chi connectivity index (χ4n) is 2.14. The van der Waals surface area contributed by atoms with Gasteiger partial charge in [-0.05, 0) is 23.8 Å². The molecule has 1 aliphatic heterocycles. The minimum Gasteiger partial charge on any atom is -0.454 e. The lowest BCUT2D eigenvalue weighted by atomic mass is 9.98. The second kappa shape index (κ2) is 4.74. The van der Waals surface area contributed by atoms with Crippen molar-refractivity contribution in [2.75, 3.05) is 6.79 Å².